The molecule has 2 rings (SSSR count). The molecule has 0 radical (unpaired) electrons. The minimum absolute atomic E-state index is 0.0240. The van der Waals surface area contributed by atoms with Crippen molar-refractivity contribution in [1.29, 1.82) is 0 Å². The predicted octanol–water partition coefficient (Wildman–Crippen LogP) is 1.77. The van der Waals surface area contributed by atoms with E-state index in [4.69, 9.17) is 11.6 Å². The van der Waals surface area contributed by atoms with E-state index in [9.17, 15) is 8.42 Å². The van der Waals surface area contributed by atoms with Crippen molar-refractivity contribution in [2.24, 2.45) is 0 Å². The van der Waals surface area contributed by atoms with Crippen LogP contribution in [0.2, 0.25) is 5.02 Å². The van der Waals surface area contributed by atoms with E-state index in [1.807, 2.05) is 19.1 Å². The molecule has 0 saturated carbocycles. The van der Waals surface area contributed by atoms with Gasteiger partial charge < -0.3 is 0 Å². The third-order valence-electron chi connectivity index (χ3n) is 3.30. The van der Waals surface area contributed by atoms with E-state index in [0.717, 1.165) is 42.2 Å². The minimum atomic E-state index is -3.11. The molecule has 0 aromatic heterocycles. The van der Waals surface area contributed by atoms with Crippen LogP contribution in [0.15, 0.2) is 18.2 Å². The Balaban J connectivity index is 1.93. The molecule has 1 aliphatic heterocycles. The van der Waals surface area contributed by atoms with Gasteiger partial charge >= 0.3 is 0 Å². The van der Waals surface area contributed by atoms with Crippen LogP contribution < -0.4 is 4.72 Å². The zero-order chi connectivity index (χ0) is 14.0. The van der Waals surface area contributed by atoms with Crippen molar-refractivity contribution >= 4 is 21.6 Å². The van der Waals surface area contributed by atoms with Crippen molar-refractivity contribution in [3.05, 3.63) is 34.3 Å². The first-order valence-corrected chi connectivity index (χ1v) is 8.55. The second kappa shape index (κ2) is 5.79. The van der Waals surface area contributed by atoms with Crippen LogP contribution in [0.25, 0.3) is 0 Å². The number of likely N-dealkylation sites (tertiary alicyclic amines) is 1. The summed E-state index contributed by atoms with van der Waals surface area (Å²) >= 11 is 6.10. The van der Waals surface area contributed by atoms with E-state index in [2.05, 4.69) is 15.7 Å². The Labute approximate surface area is 119 Å². The largest absolute Gasteiger partial charge is 0.297 e. The maximum absolute atomic E-state index is 11.2. The first kappa shape index (κ1) is 14.8. The lowest BCUT2D eigenvalue weighted by molar-refractivity contribution is 0.324. The van der Waals surface area contributed by atoms with E-state index in [1.54, 1.807) is 0 Å². The van der Waals surface area contributed by atoms with Crippen molar-refractivity contribution in [2.45, 2.75) is 25.9 Å². The normalized spacial score (nSPS) is 20.9. The van der Waals surface area contributed by atoms with Crippen LogP contribution in [-0.4, -0.2) is 38.7 Å². The monoisotopic (exact) mass is 302 g/mol. The van der Waals surface area contributed by atoms with Crippen LogP contribution >= 0.6 is 11.6 Å². The summed E-state index contributed by atoms with van der Waals surface area (Å²) in [6.07, 6.45) is 2.06. The zero-order valence-corrected chi connectivity index (χ0v) is 12.8. The summed E-state index contributed by atoms with van der Waals surface area (Å²) in [7, 11) is -3.11. The van der Waals surface area contributed by atoms with E-state index < -0.39 is 10.0 Å². The van der Waals surface area contributed by atoms with Crippen molar-refractivity contribution in [3.8, 4) is 0 Å². The summed E-state index contributed by atoms with van der Waals surface area (Å²) in [5.41, 5.74) is 2.24. The molecule has 1 heterocycles. The average Bonchev–Trinajstić information content (AvgIpc) is 2.68. The Kier molecular flexibility index (Phi) is 4.50. The van der Waals surface area contributed by atoms with Gasteiger partial charge in [0.15, 0.2) is 0 Å². The molecule has 0 spiro atoms. The second-order valence-electron chi connectivity index (χ2n) is 5.19. The molecule has 1 aliphatic rings. The van der Waals surface area contributed by atoms with E-state index in [-0.39, 0.29) is 6.04 Å². The van der Waals surface area contributed by atoms with Gasteiger partial charge in [0.25, 0.3) is 0 Å². The fourth-order valence-corrected chi connectivity index (χ4v) is 3.37. The first-order valence-electron chi connectivity index (χ1n) is 6.28. The van der Waals surface area contributed by atoms with Gasteiger partial charge in [-0.05, 0) is 30.5 Å². The second-order valence-corrected chi connectivity index (χ2v) is 7.38. The van der Waals surface area contributed by atoms with Gasteiger partial charge in [-0.2, -0.15) is 0 Å². The molecule has 1 N–H and O–H groups in total. The maximum Gasteiger partial charge on any atom is 0.208 e. The highest BCUT2D eigenvalue weighted by molar-refractivity contribution is 7.88. The smallest absolute Gasteiger partial charge is 0.208 e. The van der Waals surface area contributed by atoms with Gasteiger partial charge in [-0.15, -0.1) is 0 Å². The molecule has 1 aromatic rings. The zero-order valence-electron chi connectivity index (χ0n) is 11.2. The molecule has 0 bridgehead atoms. The molecule has 0 amide bonds. The quantitative estimate of drug-likeness (QED) is 0.922. The molecule has 4 nitrogen and oxygen atoms in total. The minimum Gasteiger partial charge on any atom is -0.297 e. The summed E-state index contributed by atoms with van der Waals surface area (Å²) in [5.74, 6) is 0. The first-order chi connectivity index (χ1) is 8.83. The van der Waals surface area contributed by atoms with E-state index in [0.29, 0.717) is 0 Å². The fraction of sp³-hybridized carbons (Fsp3) is 0.538. The molecule has 0 aliphatic carbocycles. The number of hydrogen-bond donors (Lipinski definition) is 1. The number of sulfonamides is 1. The summed E-state index contributed by atoms with van der Waals surface area (Å²) < 4.78 is 25.0. The SMILES string of the molecule is Cc1ccc(CN2CC[C@H](NS(C)(=O)=O)C2)cc1Cl. The summed E-state index contributed by atoms with van der Waals surface area (Å²) in [5, 5.41) is 0.780. The number of benzene rings is 1. The van der Waals surface area contributed by atoms with Crippen LogP contribution in [0.5, 0.6) is 0 Å². The standard InChI is InChI=1S/C13H19ClN2O2S/c1-10-3-4-11(7-13(10)14)8-16-6-5-12(9-16)15-19(2,17)18/h3-4,7,12,15H,5-6,8-9H2,1-2H3/t12-/m0/s1. The molecule has 106 valence electrons. The number of hydrogen-bond acceptors (Lipinski definition) is 3. The number of rotatable bonds is 4. The number of aryl methyl sites for hydroxylation is 1. The summed E-state index contributed by atoms with van der Waals surface area (Å²) in [6, 6.07) is 6.09. The highest BCUT2D eigenvalue weighted by Gasteiger charge is 2.24. The molecule has 1 atom stereocenters. The van der Waals surface area contributed by atoms with Crippen LogP contribution in [-0.2, 0) is 16.6 Å². The molecule has 19 heavy (non-hydrogen) atoms. The summed E-state index contributed by atoms with van der Waals surface area (Å²) in [6.45, 7) is 4.44. The Hall–Kier alpha value is -0.620. The van der Waals surface area contributed by atoms with Gasteiger partial charge in [-0.1, -0.05) is 23.7 Å². The maximum atomic E-state index is 11.2. The van der Waals surface area contributed by atoms with Gasteiger partial charge in [0, 0.05) is 30.7 Å². The Morgan fingerprint density at radius 1 is 1.47 bits per heavy atom. The molecule has 1 fully saturated rings. The molecular formula is C13H19ClN2O2S. The number of nitrogens with zero attached hydrogens (tertiary/aromatic N) is 1. The van der Waals surface area contributed by atoms with Crippen molar-refractivity contribution in [3.63, 3.8) is 0 Å². The van der Waals surface area contributed by atoms with Crippen LogP contribution in [0.1, 0.15) is 17.5 Å². The van der Waals surface area contributed by atoms with Crippen molar-refractivity contribution in [2.75, 3.05) is 19.3 Å². The Morgan fingerprint density at radius 3 is 2.84 bits per heavy atom. The van der Waals surface area contributed by atoms with Gasteiger partial charge in [-0.3, -0.25) is 4.90 Å². The number of halogens is 1. The molecule has 1 aromatic carbocycles. The lowest BCUT2D eigenvalue weighted by Gasteiger charge is -2.16. The van der Waals surface area contributed by atoms with Crippen LogP contribution in [0, 0.1) is 6.92 Å². The van der Waals surface area contributed by atoms with Gasteiger partial charge in [0.05, 0.1) is 6.26 Å². The van der Waals surface area contributed by atoms with E-state index in [1.165, 1.54) is 6.26 Å². The van der Waals surface area contributed by atoms with Gasteiger partial charge in [-0.25, -0.2) is 13.1 Å². The highest BCUT2D eigenvalue weighted by atomic mass is 35.5. The predicted molar refractivity (Wildman–Crippen MR) is 77.9 cm³/mol. The van der Waals surface area contributed by atoms with E-state index >= 15 is 0 Å². The lowest BCUT2D eigenvalue weighted by atomic mass is 10.1. The van der Waals surface area contributed by atoms with Gasteiger partial charge in [0.1, 0.15) is 0 Å². The van der Waals surface area contributed by atoms with Crippen LogP contribution in [0.4, 0.5) is 0 Å². The molecule has 0 unspecified atom stereocenters. The Bertz CT molecular complexity index is 560. The summed E-state index contributed by atoms with van der Waals surface area (Å²) in [4.78, 5) is 2.24. The topological polar surface area (TPSA) is 49.4 Å². The lowest BCUT2D eigenvalue weighted by Crippen LogP contribution is -2.36. The number of nitrogens with one attached hydrogen (secondary N) is 1. The van der Waals surface area contributed by atoms with Crippen molar-refractivity contribution < 1.29 is 8.42 Å². The van der Waals surface area contributed by atoms with Gasteiger partial charge in [0.2, 0.25) is 10.0 Å². The Morgan fingerprint density at radius 2 is 2.21 bits per heavy atom. The average molecular weight is 303 g/mol. The van der Waals surface area contributed by atoms with Crippen molar-refractivity contribution in [1.82, 2.24) is 9.62 Å². The molecule has 1 saturated heterocycles. The third kappa shape index (κ3) is 4.45. The fourth-order valence-electron chi connectivity index (χ4n) is 2.37. The molecular weight excluding hydrogens is 284 g/mol. The third-order valence-corrected chi connectivity index (χ3v) is 4.46. The van der Waals surface area contributed by atoms with Crippen LogP contribution in [0.3, 0.4) is 0 Å². The highest BCUT2D eigenvalue weighted by Crippen LogP contribution is 2.19. The molecule has 6 heteroatoms.